The molecule has 3 aromatic rings. The van der Waals surface area contributed by atoms with Crippen LogP contribution in [0.15, 0.2) is 72.8 Å². The van der Waals surface area contributed by atoms with Crippen molar-refractivity contribution in [3.63, 3.8) is 0 Å². The predicted molar refractivity (Wildman–Crippen MR) is 112 cm³/mol. The van der Waals surface area contributed by atoms with Gasteiger partial charge in [0.15, 0.2) is 0 Å². The highest BCUT2D eigenvalue weighted by Crippen LogP contribution is 2.64. The van der Waals surface area contributed by atoms with Crippen LogP contribution in [0.1, 0.15) is 35.1 Å². The molecular formula is C25H18ClNO2. The summed E-state index contributed by atoms with van der Waals surface area (Å²) in [6.45, 7) is 2.13. The van der Waals surface area contributed by atoms with E-state index >= 15 is 0 Å². The summed E-state index contributed by atoms with van der Waals surface area (Å²) in [6, 6.07) is 23.6. The molecule has 1 heterocycles. The van der Waals surface area contributed by atoms with Crippen molar-refractivity contribution in [2.75, 3.05) is 4.90 Å². The van der Waals surface area contributed by atoms with Gasteiger partial charge in [-0.2, -0.15) is 0 Å². The second kappa shape index (κ2) is 5.58. The van der Waals surface area contributed by atoms with Gasteiger partial charge in [0.1, 0.15) is 0 Å². The molecule has 3 nitrogen and oxygen atoms in total. The van der Waals surface area contributed by atoms with Gasteiger partial charge in [-0.25, -0.2) is 4.90 Å². The average Bonchev–Trinajstić information content (AvgIpc) is 3.00. The summed E-state index contributed by atoms with van der Waals surface area (Å²) in [7, 11) is 0. The number of rotatable bonds is 1. The van der Waals surface area contributed by atoms with Crippen LogP contribution in [0.5, 0.6) is 0 Å². The number of hydrogen-bond acceptors (Lipinski definition) is 2. The summed E-state index contributed by atoms with van der Waals surface area (Å²) in [5.74, 6) is -1.16. The highest BCUT2D eigenvalue weighted by atomic mass is 35.5. The molecule has 2 bridgehead atoms. The third-order valence-corrected chi connectivity index (χ3v) is 7.34. The van der Waals surface area contributed by atoms with Crippen molar-refractivity contribution in [1.82, 2.24) is 0 Å². The zero-order valence-corrected chi connectivity index (χ0v) is 16.6. The van der Waals surface area contributed by atoms with Crippen LogP contribution < -0.4 is 4.90 Å². The second-order valence-electron chi connectivity index (χ2n) is 8.35. The molecule has 2 amide bonds. The SMILES string of the molecule is CC12c3ccccc3C(c3ccccc31)[C@H]1C(=O)N(c3cccc(Cl)c3)C(=O)[C@@H]12. The fourth-order valence-electron chi connectivity index (χ4n) is 6.02. The van der Waals surface area contributed by atoms with Gasteiger partial charge in [-0.1, -0.05) is 73.1 Å². The number of imide groups is 1. The summed E-state index contributed by atoms with van der Waals surface area (Å²) in [5.41, 5.74) is 4.69. The van der Waals surface area contributed by atoms with Crippen LogP contribution in [0.2, 0.25) is 5.02 Å². The van der Waals surface area contributed by atoms with Crippen molar-refractivity contribution in [3.05, 3.63) is 100 Å². The van der Waals surface area contributed by atoms with Gasteiger partial charge < -0.3 is 0 Å². The maximum Gasteiger partial charge on any atom is 0.238 e. The van der Waals surface area contributed by atoms with E-state index in [0.29, 0.717) is 10.7 Å². The largest absolute Gasteiger partial charge is 0.274 e. The molecule has 0 radical (unpaired) electrons. The molecule has 1 saturated heterocycles. The number of carbonyl (C=O) groups is 2. The fraction of sp³-hybridized carbons (Fsp3) is 0.200. The van der Waals surface area contributed by atoms with Gasteiger partial charge in [0, 0.05) is 16.4 Å². The van der Waals surface area contributed by atoms with Crippen LogP contribution in [0, 0.1) is 11.8 Å². The van der Waals surface area contributed by atoms with Gasteiger partial charge >= 0.3 is 0 Å². The number of benzene rings is 3. The third-order valence-electron chi connectivity index (χ3n) is 7.11. The standard InChI is InChI=1S/C25H18ClNO2/c1-25-18-11-4-2-9-16(18)20(17-10-3-5-12-19(17)25)21-22(25)24(29)27(23(21)28)15-8-6-7-14(26)13-15/h2-13,20-22H,1H3/t20?,21-,22-,25?/m1/s1. The molecule has 4 aliphatic rings. The highest BCUT2D eigenvalue weighted by Gasteiger charge is 2.66. The molecule has 2 atom stereocenters. The molecule has 142 valence electrons. The average molecular weight is 400 g/mol. The van der Waals surface area contributed by atoms with E-state index < -0.39 is 17.3 Å². The zero-order valence-electron chi connectivity index (χ0n) is 15.8. The quantitative estimate of drug-likeness (QED) is 0.545. The summed E-state index contributed by atoms with van der Waals surface area (Å²) in [5, 5.41) is 0.513. The summed E-state index contributed by atoms with van der Waals surface area (Å²) in [6.07, 6.45) is 0. The number of halogens is 1. The minimum absolute atomic E-state index is 0.102. The van der Waals surface area contributed by atoms with Gasteiger partial charge in [0.25, 0.3) is 0 Å². The highest BCUT2D eigenvalue weighted by molar-refractivity contribution is 6.31. The lowest BCUT2D eigenvalue weighted by Crippen LogP contribution is -2.51. The molecular weight excluding hydrogens is 382 g/mol. The molecule has 0 spiro atoms. The Labute approximate surface area is 173 Å². The Morgan fingerprint density at radius 3 is 2.07 bits per heavy atom. The van der Waals surface area contributed by atoms with Crippen molar-refractivity contribution in [1.29, 1.82) is 0 Å². The van der Waals surface area contributed by atoms with E-state index in [1.165, 1.54) is 27.2 Å². The monoisotopic (exact) mass is 399 g/mol. The first kappa shape index (κ1) is 17.0. The Morgan fingerprint density at radius 1 is 0.828 bits per heavy atom. The maximum atomic E-state index is 13.7. The molecule has 1 fully saturated rings. The van der Waals surface area contributed by atoms with Crippen molar-refractivity contribution < 1.29 is 9.59 Å². The first-order valence-corrected chi connectivity index (χ1v) is 10.2. The molecule has 0 unspecified atom stereocenters. The van der Waals surface area contributed by atoms with Crippen LogP contribution in [-0.4, -0.2) is 11.8 Å². The molecule has 7 rings (SSSR count). The third kappa shape index (κ3) is 1.94. The van der Waals surface area contributed by atoms with E-state index in [1.54, 1.807) is 24.3 Å². The van der Waals surface area contributed by atoms with E-state index in [-0.39, 0.29) is 17.7 Å². The van der Waals surface area contributed by atoms with Crippen molar-refractivity contribution in [2.24, 2.45) is 11.8 Å². The zero-order chi connectivity index (χ0) is 19.9. The van der Waals surface area contributed by atoms with Gasteiger partial charge in [-0.05, 0) is 40.5 Å². The van der Waals surface area contributed by atoms with Crippen LogP contribution in [-0.2, 0) is 15.0 Å². The van der Waals surface area contributed by atoms with Gasteiger partial charge in [0.2, 0.25) is 11.8 Å². The molecule has 0 saturated carbocycles. The summed E-state index contributed by atoms with van der Waals surface area (Å²) in [4.78, 5) is 28.8. The molecule has 0 aromatic heterocycles. The minimum atomic E-state index is -0.535. The fourth-order valence-corrected chi connectivity index (χ4v) is 6.21. The van der Waals surface area contributed by atoms with E-state index in [2.05, 4.69) is 31.2 Å². The van der Waals surface area contributed by atoms with E-state index in [0.717, 1.165) is 0 Å². The summed E-state index contributed by atoms with van der Waals surface area (Å²) >= 11 is 6.17. The van der Waals surface area contributed by atoms with E-state index in [9.17, 15) is 9.59 Å². The Kier molecular flexibility index (Phi) is 3.27. The van der Waals surface area contributed by atoms with Gasteiger partial charge in [-0.15, -0.1) is 0 Å². The number of hydrogen-bond donors (Lipinski definition) is 0. The minimum Gasteiger partial charge on any atom is -0.274 e. The van der Waals surface area contributed by atoms with Crippen molar-refractivity contribution in [2.45, 2.75) is 18.3 Å². The smallest absolute Gasteiger partial charge is 0.238 e. The molecule has 3 aliphatic carbocycles. The van der Waals surface area contributed by atoms with Crippen molar-refractivity contribution >= 4 is 29.1 Å². The Bertz CT molecular complexity index is 1170. The normalized spacial score (nSPS) is 28.9. The molecule has 0 N–H and O–H groups in total. The first-order valence-electron chi connectivity index (χ1n) is 9.85. The molecule has 29 heavy (non-hydrogen) atoms. The molecule has 3 aromatic carbocycles. The van der Waals surface area contributed by atoms with Gasteiger partial charge in [0.05, 0.1) is 17.5 Å². The van der Waals surface area contributed by atoms with Gasteiger partial charge in [-0.3, -0.25) is 9.59 Å². The topological polar surface area (TPSA) is 37.4 Å². The molecule has 1 aliphatic heterocycles. The Balaban J connectivity index is 1.63. The molecule has 4 heteroatoms. The van der Waals surface area contributed by atoms with Crippen LogP contribution in [0.4, 0.5) is 5.69 Å². The first-order chi connectivity index (χ1) is 14.0. The Morgan fingerprint density at radius 2 is 1.45 bits per heavy atom. The Hall–Kier alpha value is -2.91. The van der Waals surface area contributed by atoms with Crippen LogP contribution >= 0.6 is 11.6 Å². The predicted octanol–water partition coefficient (Wildman–Crippen LogP) is 4.91. The lowest BCUT2D eigenvalue weighted by molar-refractivity contribution is -0.123. The number of carbonyl (C=O) groups excluding carboxylic acids is 2. The van der Waals surface area contributed by atoms with E-state index in [1.807, 2.05) is 24.3 Å². The lowest BCUT2D eigenvalue weighted by atomic mass is 9.48. The van der Waals surface area contributed by atoms with Crippen LogP contribution in [0.25, 0.3) is 0 Å². The second-order valence-corrected chi connectivity index (χ2v) is 8.79. The maximum absolute atomic E-state index is 13.7. The van der Waals surface area contributed by atoms with Crippen LogP contribution in [0.3, 0.4) is 0 Å². The lowest BCUT2D eigenvalue weighted by Gasteiger charge is -2.52. The van der Waals surface area contributed by atoms with E-state index in [4.69, 9.17) is 11.6 Å². The van der Waals surface area contributed by atoms with Crippen molar-refractivity contribution in [3.8, 4) is 0 Å². The number of nitrogens with zero attached hydrogens (tertiary/aromatic N) is 1. The number of anilines is 1. The summed E-state index contributed by atoms with van der Waals surface area (Å²) < 4.78 is 0. The number of amides is 2.